The zero-order valence-corrected chi connectivity index (χ0v) is 16.7. The van der Waals surface area contributed by atoms with Crippen LogP contribution < -0.4 is 11.1 Å². The van der Waals surface area contributed by atoms with Crippen molar-refractivity contribution in [3.05, 3.63) is 44.4 Å². The van der Waals surface area contributed by atoms with Gasteiger partial charge in [-0.05, 0) is 17.9 Å². The lowest BCUT2D eigenvalue weighted by Gasteiger charge is -2.11. The second kappa shape index (κ2) is 8.87. The van der Waals surface area contributed by atoms with Gasteiger partial charge in [0.1, 0.15) is 21.5 Å². The van der Waals surface area contributed by atoms with Crippen molar-refractivity contribution in [1.82, 2.24) is 4.98 Å². The van der Waals surface area contributed by atoms with E-state index in [9.17, 15) is 13.2 Å². The highest BCUT2D eigenvalue weighted by molar-refractivity contribution is 7.09. The van der Waals surface area contributed by atoms with Crippen LogP contribution in [0.15, 0.2) is 28.0 Å². The quantitative estimate of drug-likeness (QED) is 0.434. The summed E-state index contributed by atoms with van der Waals surface area (Å²) in [7, 11) is 0. The van der Waals surface area contributed by atoms with Crippen molar-refractivity contribution in [1.29, 1.82) is 0 Å². The number of aromatic nitrogens is 1. The molecule has 1 atom stereocenters. The Hall–Kier alpha value is -1.52. The molecular weight excluding hydrogens is 438 g/mol. The second-order valence-electron chi connectivity index (χ2n) is 5.99. The lowest BCUT2D eigenvalue weighted by atomic mass is 10.1. The maximum absolute atomic E-state index is 12.1. The molecule has 3 N–H and O–H groups in total. The van der Waals surface area contributed by atoms with Crippen molar-refractivity contribution >= 4 is 51.3 Å². The lowest BCUT2D eigenvalue weighted by molar-refractivity contribution is -0.324. The molecule has 0 saturated heterocycles. The molecule has 28 heavy (non-hydrogen) atoms. The number of nitrogens with one attached hydrogen (secondary N) is 1. The normalized spacial score (nSPS) is 13.2. The van der Waals surface area contributed by atoms with Crippen molar-refractivity contribution in [2.24, 2.45) is 5.73 Å². The van der Waals surface area contributed by atoms with E-state index in [-0.39, 0.29) is 23.0 Å². The van der Waals surface area contributed by atoms with E-state index in [1.54, 1.807) is 17.4 Å². The summed E-state index contributed by atoms with van der Waals surface area (Å²) in [5.74, 6) is 0.338. The van der Waals surface area contributed by atoms with Crippen molar-refractivity contribution in [2.75, 3.05) is 11.9 Å². The van der Waals surface area contributed by atoms with Crippen LogP contribution in [-0.2, 0) is 17.7 Å². The third-order valence-corrected chi connectivity index (χ3v) is 5.31. The maximum atomic E-state index is 12.1. The number of halogens is 5. The van der Waals surface area contributed by atoms with Crippen LogP contribution in [0.25, 0.3) is 11.1 Å². The summed E-state index contributed by atoms with van der Waals surface area (Å²) in [4.78, 5) is 5.31. The average molecular weight is 454 g/mol. The summed E-state index contributed by atoms with van der Waals surface area (Å²) in [5.41, 5.74) is 7.29. The first kappa shape index (κ1) is 21.2. The molecule has 0 aliphatic rings. The third-order valence-electron chi connectivity index (χ3n) is 3.85. The molecule has 11 heteroatoms. The zero-order valence-electron chi connectivity index (χ0n) is 14.4. The van der Waals surface area contributed by atoms with Gasteiger partial charge >= 0.3 is 6.36 Å². The number of furan rings is 1. The molecule has 0 spiro atoms. The average Bonchev–Trinajstić information content (AvgIpc) is 3.21. The molecule has 0 aliphatic heterocycles. The molecule has 0 saturated carbocycles. The van der Waals surface area contributed by atoms with Gasteiger partial charge in [-0.2, -0.15) is 0 Å². The smallest absolute Gasteiger partial charge is 0.455 e. The number of nitrogens with zero attached hydrogens (tertiary/aromatic N) is 1. The van der Waals surface area contributed by atoms with Gasteiger partial charge in [0.25, 0.3) is 0 Å². The molecule has 0 amide bonds. The molecule has 3 aromatic rings. The van der Waals surface area contributed by atoms with E-state index in [1.807, 2.05) is 17.5 Å². The zero-order chi connectivity index (χ0) is 20.3. The van der Waals surface area contributed by atoms with E-state index >= 15 is 0 Å². The molecule has 3 heterocycles. The van der Waals surface area contributed by atoms with Gasteiger partial charge in [0.05, 0.1) is 12.3 Å². The molecule has 0 fully saturated rings. The van der Waals surface area contributed by atoms with Crippen molar-refractivity contribution < 1.29 is 22.3 Å². The minimum atomic E-state index is -4.68. The van der Waals surface area contributed by atoms with Crippen LogP contribution in [0.2, 0.25) is 10.2 Å². The highest BCUT2D eigenvalue weighted by Gasteiger charge is 2.29. The Morgan fingerprint density at radius 3 is 2.82 bits per heavy atom. The number of rotatable bonds is 8. The fourth-order valence-corrected chi connectivity index (χ4v) is 3.66. The molecule has 5 nitrogen and oxygen atoms in total. The number of thiophene rings is 1. The highest BCUT2D eigenvalue weighted by atomic mass is 35.5. The van der Waals surface area contributed by atoms with Crippen LogP contribution in [-0.4, -0.2) is 24.0 Å². The molecule has 0 radical (unpaired) electrons. The van der Waals surface area contributed by atoms with Gasteiger partial charge in [0.2, 0.25) is 0 Å². The van der Waals surface area contributed by atoms with Crippen LogP contribution in [0.4, 0.5) is 18.9 Å². The minimum absolute atomic E-state index is 0.00937. The van der Waals surface area contributed by atoms with Gasteiger partial charge < -0.3 is 15.5 Å². The maximum Gasteiger partial charge on any atom is 0.522 e. The number of fused-ring (bicyclic) bond motifs is 1. The van der Waals surface area contributed by atoms with Crippen molar-refractivity contribution in [3.63, 3.8) is 0 Å². The van der Waals surface area contributed by atoms with Gasteiger partial charge in [-0.3, -0.25) is 4.74 Å². The Labute approximate surface area is 172 Å². The Morgan fingerprint density at radius 1 is 1.36 bits per heavy atom. The SMILES string of the molecule is N[C@@H](CCOC(F)(F)F)Cc1oc2c(NCc3cccs3)cc(Cl)nc2c1Cl. The summed E-state index contributed by atoms with van der Waals surface area (Å²) in [5, 5.41) is 5.68. The Bertz CT molecular complexity index is 932. The van der Waals surface area contributed by atoms with E-state index < -0.39 is 19.0 Å². The largest absolute Gasteiger partial charge is 0.522 e. The number of nitrogens with two attached hydrogens (primary N) is 1. The number of alkyl halides is 3. The summed E-state index contributed by atoms with van der Waals surface area (Å²) in [6, 6.07) is 4.93. The fourth-order valence-electron chi connectivity index (χ4n) is 2.58. The van der Waals surface area contributed by atoms with Gasteiger partial charge in [0.15, 0.2) is 5.58 Å². The van der Waals surface area contributed by atoms with Gasteiger partial charge in [0, 0.05) is 30.0 Å². The molecule has 3 rings (SSSR count). The van der Waals surface area contributed by atoms with Gasteiger partial charge in [-0.1, -0.05) is 29.3 Å². The van der Waals surface area contributed by atoms with Gasteiger partial charge in [-0.15, -0.1) is 24.5 Å². The third kappa shape index (κ3) is 5.51. The number of hydrogen-bond acceptors (Lipinski definition) is 6. The first-order valence-electron chi connectivity index (χ1n) is 8.23. The standard InChI is InChI=1S/C17H16Cl2F3N3O2S/c18-13-7-11(24-8-10-2-1-5-28-10)16-15(25-13)14(19)12(27-16)6-9(23)3-4-26-17(20,21)22/h1-2,5,7,9H,3-4,6,8,23H2,(H,24,25)/t9-/m0/s1. The molecule has 152 valence electrons. The first-order chi connectivity index (χ1) is 13.2. The van der Waals surface area contributed by atoms with Crippen molar-refractivity contribution in [2.45, 2.75) is 31.8 Å². The van der Waals surface area contributed by atoms with E-state index in [2.05, 4.69) is 15.0 Å². The Balaban J connectivity index is 1.74. The fraction of sp³-hybridized carbons (Fsp3) is 0.353. The van der Waals surface area contributed by atoms with E-state index in [4.69, 9.17) is 33.4 Å². The predicted molar refractivity (Wildman–Crippen MR) is 104 cm³/mol. The molecule has 0 bridgehead atoms. The first-order valence-corrected chi connectivity index (χ1v) is 9.86. The predicted octanol–water partition coefficient (Wildman–Crippen LogP) is 5.60. The molecule has 3 aromatic heterocycles. The number of pyridine rings is 1. The summed E-state index contributed by atoms with van der Waals surface area (Å²) < 4.78 is 45.8. The summed E-state index contributed by atoms with van der Waals surface area (Å²) >= 11 is 14.0. The second-order valence-corrected chi connectivity index (χ2v) is 7.79. The summed E-state index contributed by atoms with van der Waals surface area (Å²) in [6.07, 6.45) is -4.55. The minimum Gasteiger partial charge on any atom is -0.455 e. The Morgan fingerprint density at radius 2 is 2.14 bits per heavy atom. The van der Waals surface area contributed by atoms with Crippen molar-refractivity contribution in [3.8, 4) is 0 Å². The monoisotopic (exact) mass is 453 g/mol. The van der Waals surface area contributed by atoms with E-state index in [0.717, 1.165) is 4.88 Å². The van der Waals surface area contributed by atoms with Gasteiger partial charge in [-0.25, -0.2) is 4.98 Å². The summed E-state index contributed by atoms with van der Waals surface area (Å²) in [6.45, 7) is 0.0231. The molecule has 0 aliphatic carbocycles. The highest BCUT2D eigenvalue weighted by Crippen LogP contribution is 2.36. The lowest BCUT2D eigenvalue weighted by Crippen LogP contribution is -2.26. The van der Waals surface area contributed by atoms with Crippen LogP contribution in [0.5, 0.6) is 0 Å². The molecule has 0 unspecified atom stereocenters. The number of anilines is 1. The number of hydrogen-bond donors (Lipinski definition) is 2. The Kier molecular flexibility index (Phi) is 6.72. The molecular formula is C17H16Cl2F3N3O2S. The van der Waals surface area contributed by atoms with Crippen LogP contribution in [0.1, 0.15) is 17.1 Å². The topological polar surface area (TPSA) is 73.3 Å². The van der Waals surface area contributed by atoms with Crippen LogP contribution in [0, 0.1) is 0 Å². The molecule has 0 aromatic carbocycles. The number of ether oxygens (including phenoxy) is 1. The van der Waals surface area contributed by atoms with E-state index in [1.165, 1.54) is 0 Å². The van der Waals surface area contributed by atoms with E-state index in [0.29, 0.717) is 29.1 Å². The van der Waals surface area contributed by atoms with Crippen LogP contribution in [0.3, 0.4) is 0 Å². The van der Waals surface area contributed by atoms with Crippen LogP contribution >= 0.6 is 34.5 Å².